The summed E-state index contributed by atoms with van der Waals surface area (Å²) in [6.07, 6.45) is 10.9. The van der Waals surface area contributed by atoms with E-state index in [1.807, 2.05) is 37.3 Å². The van der Waals surface area contributed by atoms with Gasteiger partial charge >= 0.3 is 0 Å². The van der Waals surface area contributed by atoms with Gasteiger partial charge in [0.25, 0.3) is 0 Å². The number of benzene rings is 1. The van der Waals surface area contributed by atoms with E-state index in [4.69, 9.17) is 28.5 Å². The van der Waals surface area contributed by atoms with Gasteiger partial charge in [0.1, 0.15) is 12.4 Å². The second kappa shape index (κ2) is 7.77. The van der Waals surface area contributed by atoms with Gasteiger partial charge in [0.05, 0.1) is 11.4 Å². The van der Waals surface area contributed by atoms with Gasteiger partial charge in [-0.05, 0) is 42.3 Å². The third kappa shape index (κ3) is 4.10. The minimum Gasteiger partial charge on any atom is -0.489 e. The van der Waals surface area contributed by atoms with E-state index in [1.54, 1.807) is 7.05 Å². The smallest absolute Gasteiger partial charge is 0.124 e. The number of ether oxygens (including phenoxy) is 1. The molecule has 0 radical (unpaired) electrons. The average Bonchev–Trinajstić information content (AvgIpc) is 2.56. The number of halogens is 1. The summed E-state index contributed by atoms with van der Waals surface area (Å²) in [5.41, 5.74) is 9.95. The van der Waals surface area contributed by atoms with E-state index < -0.39 is 0 Å². The maximum absolute atomic E-state index is 6.12. The van der Waals surface area contributed by atoms with Crippen molar-refractivity contribution < 1.29 is 4.74 Å². The fraction of sp³-hybridized carbons (Fsp3) is 0.222. The van der Waals surface area contributed by atoms with Crippen molar-refractivity contribution in [3.05, 3.63) is 52.1 Å². The van der Waals surface area contributed by atoms with Crippen LogP contribution in [0, 0.1) is 19.4 Å². The van der Waals surface area contributed by atoms with E-state index in [1.165, 1.54) is 0 Å². The Hall–Kier alpha value is -2.35. The zero-order valence-electron chi connectivity index (χ0n) is 13.1. The Morgan fingerprint density at radius 1 is 1.30 bits per heavy atom. The summed E-state index contributed by atoms with van der Waals surface area (Å²) < 4.78 is 5.90. The standard InChI is InChI=1S/C18H18ClN3O/c1-4-22-16-6-5-13(8-17(16)21-3)11-23-18-7-12(2)15(19)9-14(18)10-20/h1,5-9H,10-11,20H2,2-3H3. The van der Waals surface area contributed by atoms with Crippen LogP contribution in [0.1, 0.15) is 11.1 Å². The number of aryl methyl sites for hydroxylation is 1. The summed E-state index contributed by atoms with van der Waals surface area (Å²) in [4.78, 5) is 8.13. The van der Waals surface area contributed by atoms with E-state index in [0.717, 1.165) is 28.2 Å². The van der Waals surface area contributed by atoms with Gasteiger partial charge in [-0.15, -0.1) is 0 Å². The molecule has 0 spiro atoms. The minimum absolute atomic E-state index is 0.366. The number of hydrogen-bond acceptors (Lipinski definition) is 4. The van der Waals surface area contributed by atoms with Gasteiger partial charge in [-0.2, -0.15) is 4.99 Å². The molecule has 0 unspecified atom stereocenters. The van der Waals surface area contributed by atoms with Crippen LogP contribution >= 0.6 is 11.6 Å². The first-order valence-corrected chi connectivity index (χ1v) is 7.47. The first kappa shape index (κ1) is 17.0. The van der Waals surface area contributed by atoms with Crippen LogP contribution in [0.2, 0.25) is 5.02 Å². The van der Waals surface area contributed by atoms with Crippen molar-refractivity contribution in [1.29, 1.82) is 0 Å². The van der Waals surface area contributed by atoms with Crippen molar-refractivity contribution in [2.75, 3.05) is 13.7 Å². The number of nitrogens with zero attached hydrogens (tertiary/aromatic N) is 2. The first-order chi connectivity index (χ1) is 11.1. The van der Waals surface area contributed by atoms with Crippen LogP contribution < -0.4 is 10.5 Å². The van der Waals surface area contributed by atoms with Crippen LogP contribution in [-0.2, 0) is 6.54 Å². The molecule has 4 nitrogen and oxygen atoms in total. The summed E-state index contributed by atoms with van der Waals surface area (Å²) in [7, 11) is 1.70. The van der Waals surface area contributed by atoms with E-state index >= 15 is 0 Å². The topological polar surface area (TPSA) is 60.0 Å². The number of hydrogen-bond donors (Lipinski definition) is 1. The summed E-state index contributed by atoms with van der Waals surface area (Å²) in [6.45, 7) is 2.69. The zero-order chi connectivity index (χ0) is 16.8. The molecule has 1 aliphatic rings. The highest BCUT2D eigenvalue weighted by Gasteiger charge is 2.11. The molecule has 5 heteroatoms. The molecule has 118 valence electrons. The maximum atomic E-state index is 6.12. The largest absolute Gasteiger partial charge is 0.489 e. The third-order valence-corrected chi connectivity index (χ3v) is 3.83. The van der Waals surface area contributed by atoms with Crippen molar-refractivity contribution in [1.82, 2.24) is 0 Å². The monoisotopic (exact) mass is 327 g/mol. The first-order valence-electron chi connectivity index (χ1n) is 7.10. The highest BCUT2D eigenvalue weighted by molar-refractivity contribution is 6.51. The Bertz CT molecular complexity index is 767. The van der Waals surface area contributed by atoms with Gasteiger partial charge < -0.3 is 10.5 Å². The molecular weight excluding hydrogens is 310 g/mol. The molecule has 0 bridgehead atoms. The molecule has 0 fully saturated rings. The lowest BCUT2D eigenvalue weighted by atomic mass is 10.0. The fourth-order valence-electron chi connectivity index (χ4n) is 2.15. The Morgan fingerprint density at radius 2 is 2.09 bits per heavy atom. The molecule has 1 aromatic rings. The quantitative estimate of drug-likeness (QED) is 0.682. The van der Waals surface area contributed by atoms with Crippen molar-refractivity contribution in [3.8, 4) is 18.2 Å². The zero-order valence-corrected chi connectivity index (χ0v) is 13.9. The predicted octanol–water partition coefficient (Wildman–Crippen LogP) is 3.08. The lowest BCUT2D eigenvalue weighted by molar-refractivity contribution is 0.351. The van der Waals surface area contributed by atoms with E-state index in [9.17, 15) is 0 Å². The molecule has 0 atom stereocenters. The molecule has 0 aromatic heterocycles. The molecule has 1 aliphatic carbocycles. The lowest BCUT2D eigenvalue weighted by Crippen LogP contribution is -2.15. The van der Waals surface area contributed by atoms with Gasteiger partial charge in [0.2, 0.25) is 0 Å². The van der Waals surface area contributed by atoms with Crippen LogP contribution in [0.5, 0.6) is 5.75 Å². The Labute approximate surface area is 141 Å². The summed E-state index contributed by atoms with van der Waals surface area (Å²) in [5.74, 6) is 0.738. The predicted molar refractivity (Wildman–Crippen MR) is 96.4 cm³/mol. The molecule has 2 N–H and O–H groups in total. The molecule has 0 saturated heterocycles. The summed E-state index contributed by atoms with van der Waals surface area (Å²) >= 11 is 6.12. The Morgan fingerprint density at radius 3 is 2.74 bits per heavy atom. The number of nitrogens with two attached hydrogens (primary N) is 1. The van der Waals surface area contributed by atoms with Crippen molar-refractivity contribution in [3.63, 3.8) is 0 Å². The molecule has 0 aliphatic heterocycles. The normalized spacial score (nSPS) is 17.3. The molecule has 2 rings (SSSR count). The molecule has 0 amide bonds. The van der Waals surface area contributed by atoms with E-state index in [-0.39, 0.29) is 0 Å². The second-order valence-electron chi connectivity index (χ2n) is 4.99. The third-order valence-electron chi connectivity index (χ3n) is 3.42. The molecule has 0 saturated carbocycles. The molecular formula is C18H18ClN3O. The van der Waals surface area contributed by atoms with E-state index in [0.29, 0.717) is 23.9 Å². The fourth-order valence-corrected chi connectivity index (χ4v) is 2.34. The van der Waals surface area contributed by atoms with Crippen LogP contribution in [-0.4, -0.2) is 25.1 Å². The lowest BCUT2D eigenvalue weighted by Gasteiger charge is -2.15. The number of aliphatic imine (C=N–C) groups is 2. The van der Waals surface area contributed by atoms with Crippen LogP contribution in [0.4, 0.5) is 0 Å². The highest BCUT2D eigenvalue weighted by Crippen LogP contribution is 2.27. The SMILES string of the molecule is C#CN=C1C=CC(COc2cc(C)c(Cl)cc2CN)=CC1=NC. The van der Waals surface area contributed by atoms with Crippen LogP contribution in [0.15, 0.2) is 45.9 Å². The number of terminal acetylenes is 1. The highest BCUT2D eigenvalue weighted by atomic mass is 35.5. The molecule has 23 heavy (non-hydrogen) atoms. The van der Waals surface area contributed by atoms with Gasteiger partial charge in [-0.1, -0.05) is 24.1 Å². The van der Waals surface area contributed by atoms with Crippen LogP contribution in [0.3, 0.4) is 0 Å². The Kier molecular flexibility index (Phi) is 5.75. The van der Waals surface area contributed by atoms with Crippen molar-refractivity contribution >= 4 is 23.0 Å². The number of allylic oxidation sites excluding steroid dienone is 2. The number of rotatable bonds is 4. The summed E-state index contributed by atoms with van der Waals surface area (Å²) in [6, 6.07) is 6.01. The van der Waals surface area contributed by atoms with Gasteiger partial charge in [-0.25, -0.2) is 0 Å². The van der Waals surface area contributed by atoms with Crippen LogP contribution in [0.25, 0.3) is 0 Å². The van der Waals surface area contributed by atoms with Gasteiger partial charge in [0.15, 0.2) is 0 Å². The maximum Gasteiger partial charge on any atom is 0.124 e. The molecule has 0 heterocycles. The van der Waals surface area contributed by atoms with Gasteiger partial charge in [0, 0.05) is 30.2 Å². The van der Waals surface area contributed by atoms with E-state index in [2.05, 4.69) is 16.0 Å². The Balaban J connectivity index is 2.17. The van der Waals surface area contributed by atoms with Crippen molar-refractivity contribution in [2.45, 2.75) is 13.5 Å². The van der Waals surface area contributed by atoms with Crippen molar-refractivity contribution in [2.24, 2.45) is 15.7 Å². The minimum atomic E-state index is 0.366. The molecule has 1 aromatic carbocycles. The van der Waals surface area contributed by atoms with Gasteiger partial charge in [-0.3, -0.25) is 4.99 Å². The summed E-state index contributed by atoms with van der Waals surface area (Å²) in [5, 5.41) is 0.685. The second-order valence-corrected chi connectivity index (χ2v) is 5.40. The average molecular weight is 328 g/mol.